The van der Waals surface area contributed by atoms with Crippen molar-refractivity contribution in [1.29, 1.82) is 0 Å². The van der Waals surface area contributed by atoms with E-state index in [4.69, 9.17) is 16.3 Å². The molecule has 1 N–H and O–H groups in total. The SMILES string of the molecule is Fc1ccc(OCc2csc(CNC3CC3)n2)c(Cl)c1. The van der Waals surface area contributed by atoms with Gasteiger partial charge in [-0.3, -0.25) is 0 Å². The molecule has 0 saturated heterocycles. The summed E-state index contributed by atoms with van der Waals surface area (Å²) in [7, 11) is 0. The number of aromatic nitrogens is 1. The van der Waals surface area contributed by atoms with Gasteiger partial charge in [0.15, 0.2) is 0 Å². The first-order chi connectivity index (χ1) is 9.70. The zero-order chi connectivity index (χ0) is 13.9. The zero-order valence-electron chi connectivity index (χ0n) is 10.7. The van der Waals surface area contributed by atoms with Crippen LogP contribution in [-0.4, -0.2) is 11.0 Å². The lowest BCUT2D eigenvalue weighted by atomic mass is 10.3. The number of nitrogens with zero attached hydrogens (tertiary/aromatic N) is 1. The number of rotatable bonds is 6. The Morgan fingerprint density at radius 2 is 2.30 bits per heavy atom. The number of benzene rings is 1. The molecule has 1 saturated carbocycles. The third-order valence-corrected chi connectivity index (χ3v) is 4.18. The summed E-state index contributed by atoms with van der Waals surface area (Å²) in [5, 5.41) is 6.72. The van der Waals surface area contributed by atoms with Gasteiger partial charge >= 0.3 is 0 Å². The van der Waals surface area contributed by atoms with Crippen molar-refractivity contribution < 1.29 is 9.13 Å². The smallest absolute Gasteiger partial charge is 0.138 e. The van der Waals surface area contributed by atoms with Crippen molar-refractivity contribution in [3.8, 4) is 5.75 Å². The fraction of sp³-hybridized carbons (Fsp3) is 0.357. The van der Waals surface area contributed by atoms with Gasteiger partial charge < -0.3 is 10.1 Å². The first-order valence-electron chi connectivity index (χ1n) is 6.45. The summed E-state index contributed by atoms with van der Waals surface area (Å²) in [6.07, 6.45) is 2.54. The molecule has 3 nitrogen and oxygen atoms in total. The average Bonchev–Trinajstić information content (AvgIpc) is 3.14. The number of ether oxygens (including phenoxy) is 1. The van der Waals surface area contributed by atoms with Crippen LogP contribution in [0.3, 0.4) is 0 Å². The maximum Gasteiger partial charge on any atom is 0.138 e. The lowest BCUT2D eigenvalue weighted by Gasteiger charge is -2.06. The lowest BCUT2D eigenvalue weighted by Crippen LogP contribution is -2.15. The van der Waals surface area contributed by atoms with Gasteiger partial charge in [-0.2, -0.15) is 0 Å². The summed E-state index contributed by atoms with van der Waals surface area (Å²) >= 11 is 7.51. The van der Waals surface area contributed by atoms with E-state index in [1.54, 1.807) is 11.3 Å². The molecule has 1 aromatic heterocycles. The topological polar surface area (TPSA) is 34.1 Å². The van der Waals surface area contributed by atoms with Crippen LogP contribution in [0.15, 0.2) is 23.6 Å². The second kappa shape index (κ2) is 6.08. The molecule has 0 atom stereocenters. The van der Waals surface area contributed by atoms with Crippen LogP contribution in [0, 0.1) is 5.82 Å². The Labute approximate surface area is 125 Å². The largest absolute Gasteiger partial charge is 0.486 e. The first kappa shape index (κ1) is 13.8. The molecule has 0 amide bonds. The Balaban J connectivity index is 1.54. The standard InChI is InChI=1S/C14H14ClFN2OS/c15-12-5-9(16)1-4-13(12)19-7-11-8-20-14(18-11)6-17-10-2-3-10/h1,4-5,8,10,17H,2-3,6-7H2. The molecular formula is C14H14ClFN2OS. The van der Waals surface area contributed by atoms with E-state index < -0.39 is 0 Å². The van der Waals surface area contributed by atoms with E-state index in [1.807, 2.05) is 5.38 Å². The van der Waals surface area contributed by atoms with Crippen molar-refractivity contribution in [3.05, 3.63) is 45.1 Å². The van der Waals surface area contributed by atoms with Crippen LogP contribution in [0.25, 0.3) is 0 Å². The fourth-order valence-corrected chi connectivity index (χ4v) is 2.71. The molecule has 1 aliphatic rings. The maximum atomic E-state index is 12.9. The van der Waals surface area contributed by atoms with Gasteiger partial charge in [-0.15, -0.1) is 11.3 Å². The molecule has 0 radical (unpaired) electrons. The number of hydrogen-bond donors (Lipinski definition) is 1. The van der Waals surface area contributed by atoms with E-state index in [-0.39, 0.29) is 10.8 Å². The minimum absolute atomic E-state index is 0.274. The Morgan fingerprint density at radius 3 is 3.05 bits per heavy atom. The number of halogens is 2. The Kier molecular flexibility index (Phi) is 4.19. The lowest BCUT2D eigenvalue weighted by molar-refractivity contribution is 0.301. The van der Waals surface area contributed by atoms with Gasteiger partial charge in [0.2, 0.25) is 0 Å². The van der Waals surface area contributed by atoms with Gasteiger partial charge in [0.1, 0.15) is 23.2 Å². The minimum Gasteiger partial charge on any atom is -0.486 e. The summed E-state index contributed by atoms with van der Waals surface area (Å²) in [5.41, 5.74) is 0.864. The monoisotopic (exact) mass is 312 g/mol. The fourth-order valence-electron chi connectivity index (χ4n) is 1.76. The molecule has 1 aromatic carbocycles. The third kappa shape index (κ3) is 3.69. The molecule has 3 rings (SSSR count). The molecule has 0 unspecified atom stereocenters. The summed E-state index contributed by atoms with van der Waals surface area (Å²) in [4.78, 5) is 4.49. The summed E-state index contributed by atoms with van der Waals surface area (Å²) in [6.45, 7) is 1.15. The van der Waals surface area contributed by atoms with Crippen molar-refractivity contribution in [1.82, 2.24) is 10.3 Å². The van der Waals surface area contributed by atoms with Crippen LogP contribution < -0.4 is 10.1 Å². The van der Waals surface area contributed by atoms with Crippen molar-refractivity contribution in [2.75, 3.05) is 0 Å². The van der Waals surface area contributed by atoms with Gasteiger partial charge in [-0.05, 0) is 31.0 Å². The predicted octanol–water partition coefficient (Wildman–Crippen LogP) is 3.77. The van der Waals surface area contributed by atoms with Crippen molar-refractivity contribution >= 4 is 22.9 Å². The number of hydrogen-bond acceptors (Lipinski definition) is 4. The van der Waals surface area contributed by atoms with Crippen LogP contribution in [0.4, 0.5) is 4.39 Å². The van der Waals surface area contributed by atoms with Crippen LogP contribution in [0.5, 0.6) is 5.75 Å². The van der Waals surface area contributed by atoms with Crippen LogP contribution in [-0.2, 0) is 13.2 Å². The normalized spacial score (nSPS) is 14.5. The minimum atomic E-state index is -0.371. The van der Waals surface area contributed by atoms with Gasteiger partial charge in [0.05, 0.1) is 10.7 Å². The quantitative estimate of drug-likeness (QED) is 0.881. The molecular weight excluding hydrogens is 299 g/mol. The summed E-state index contributed by atoms with van der Waals surface area (Å²) in [6, 6.07) is 4.77. The highest BCUT2D eigenvalue weighted by atomic mass is 35.5. The molecule has 1 fully saturated rings. The molecule has 0 spiro atoms. The van der Waals surface area contributed by atoms with E-state index in [0.29, 0.717) is 18.4 Å². The van der Waals surface area contributed by atoms with Gasteiger partial charge in [-0.1, -0.05) is 11.6 Å². The molecule has 2 aromatic rings. The maximum absolute atomic E-state index is 12.9. The van der Waals surface area contributed by atoms with E-state index in [2.05, 4.69) is 10.3 Å². The predicted molar refractivity (Wildman–Crippen MR) is 77.7 cm³/mol. The second-order valence-corrected chi connectivity index (χ2v) is 6.10. The zero-order valence-corrected chi connectivity index (χ0v) is 12.3. The Bertz CT molecular complexity index is 601. The third-order valence-electron chi connectivity index (χ3n) is 2.99. The van der Waals surface area contributed by atoms with Crippen LogP contribution in [0.1, 0.15) is 23.5 Å². The second-order valence-electron chi connectivity index (χ2n) is 4.75. The summed E-state index contributed by atoms with van der Waals surface area (Å²) in [5.74, 6) is 0.100. The average molecular weight is 313 g/mol. The molecule has 6 heteroatoms. The highest BCUT2D eigenvalue weighted by molar-refractivity contribution is 7.09. The van der Waals surface area contributed by atoms with Crippen molar-refractivity contribution in [2.24, 2.45) is 0 Å². The van der Waals surface area contributed by atoms with E-state index >= 15 is 0 Å². The Morgan fingerprint density at radius 1 is 1.45 bits per heavy atom. The number of thiazole rings is 1. The summed E-state index contributed by atoms with van der Waals surface area (Å²) < 4.78 is 18.5. The Hall–Kier alpha value is -1.17. The molecule has 0 aliphatic heterocycles. The highest BCUT2D eigenvalue weighted by Gasteiger charge is 2.20. The van der Waals surface area contributed by atoms with Crippen LogP contribution >= 0.6 is 22.9 Å². The van der Waals surface area contributed by atoms with Crippen LogP contribution in [0.2, 0.25) is 5.02 Å². The highest BCUT2D eigenvalue weighted by Crippen LogP contribution is 2.26. The molecule has 1 heterocycles. The van der Waals surface area contributed by atoms with E-state index in [1.165, 1.54) is 31.0 Å². The molecule has 106 valence electrons. The molecule has 20 heavy (non-hydrogen) atoms. The first-order valence-corrected chi connectivity index (χ1v) is 7.71. The van der Waals surface area contributed by atoms with Crippen molar-refractivity contribution in [2.45, 2.75) is 32.0 Å². The number of nitrogens with one attached hydrogen (secondary N) is 1. The van der Waals surface area contributed by atoms with Crippen molar-refractivity contribution in [3.63, 3.8) is 0 Å². The van der Waals surface area contributed by atoms with Gasteiger partial charge in [-0.25, -0.2) is 9.37 Å². The molecule has 1 aliphatic carbocycles. The van der Waals surface area contributed by atoms with Gasteiger partial charge in [0.25, 0.3) is 0 Å². The van der Waals surface area contributed by atoms with E-state index in [0.717, 1.165) is 17.2 Å². The molecule has 0 bridgehead atoms. The van der Waals surface area contributed by atoms with E-state index in [9.17, 15) is 4.39 Å². The van der Waals surface area contributed by atoms with Gasteiger partial charge in [0, 0.05) is 18.0 Å².